The van der Waals surface area contributed by atoms with E-state index in [4.69, 9.17) is 0 Å². The number of aliphatic hydroxyl groups is 1. The Hall–Kier alpha value is -1.72. The Labute approximate surface area is 148 Å². The van der Waals surface area contributed by atoms with Gasteiger partial charge in [-0.05, 0) is 43.2 Å². The summed E-state index contributed by atoms with van der Waals surface area (Å²) in [4.78, 5) is 18.6. The van der Waals surface area contributed by atoms with Crippen molar-refractivity contribution in [1.82, 2.24) is 9.88 Å². The molecule has 0 bridgehead atoms. The topological polar surface area (TPSA) is 73.7 Å². The predicted octanol–water partition coefficient (Wildman–Crippen LogP) is 2.40. The normalized spacial score (nSPS) is 34.8. The molecule has 2 heterocycles. The van der Waals surface area contributed by atoms with Crippen LogP contribution >= 0.6 is 0 Å². The largest absolute Gasteiger partial charge is 0.506 e. The van der Waals surface area contributed by atoms with Crippen molar-refractivity contribution in [3.8, 4) is 5.75 Å². The van der Waals surface area contributed by atoms with Crippen molar-refractivity contribution in [2.24, 2.45) is 17.3 Å². The Morgan fingerprint density at radius 1 is 1.44 bits per heavy atom. The monoisotopic (exact) mass is 342 g/mol. The third-order valence-electron chi connectivity index (χ3n) is 6.27. The van der Waals surface area contributed by atoms with Gasteiger partial charge in [-0.1, -0.05) is 18.9 Å². The van der Waals surface area contributed by atoms with Gasteiger partial charge in [0.25, 0.3) is 0 Å². The van der Waals surface area contributed by atoms with Crippen LogP contribution < -0.4 is 0 Å². The number of rotatable bonds is 6. The van der Waals surface area contributed by atoms with E-state index in [1.54, 1.807) is 6.07 Å². The van der Waals surface area contributed by atoms with Crippen LogP contribution in [0.15, 0.2) is 31.0 Å². The lowest BCUT2D eigenvalue weighted by molar-refractivity contribution is 0.0177. The van der Waals surface area contributed by atoms with Crippen molar-refractivity contribution in [3.05, 3.63) is 36.7 Å². The maximum Gasteiger partial charge on any atom is 0.195 e. The number of pyridine rings is 1. The number of likely N-dealkylation sites (tertiary alicyclic amines) is 1. The highest BCUT2D eigenvalue weighted by atomic mass is 16.3. The van der Waals surface area contributed by atoms with E-state index in [0.29, 0.717) is 24.1 Å². The zero-order chi connectivity index (χ0) is 17.7. The average Bonchev–Trinajstić information content (AvgIpc) is 3.24. The fourth-order valence-corrected chi connectivity index (χ4v) is 4.99. The number of aromatic nitrogens is 1. The maximum absolute atomic E-state index is 12.4. The second-order valence-electron chi connectivity index (χ2n) is 8.38. The van der Waals surface area contributed by atoms with E-state index >= 15 is 0 Å². The summed E-state index contributed by atoms with van der Waals surface area (Å²) < 4.78 is 0. The molecule has 134 valence electrons. The van der Waals surface area contributed by atoms with E-state index in [2.05, 4.69) is 16.5 Å². The van der Waals surface area contributed by atoms with E-state index in [1.165, 1.54) is 25.1 Å². The highest BCUT2D eigenvalue weighted by Crippen LogP contribution is 2.56. The van der Waals surface area contributed by atoms with Gasteiger partial charge in [0.1, 0.15) is 11.4 Å². The van der Waals surface area contributed by atoms with Crippen LogP contribution in [0.4, 0.5) is 0 Å². The molecule has 3 aliphatic rings. The molecule has 0 aromatic carbocycles. The third kappa shape index (κ3) is 3.23. The Bertz CT molecular complexity index is 685. The zero-order valence-corrected chi connectivity index (χ0v) is 14.5. The summed E-state index contributed by atoms with van der Waals surface area (Å²) in [6.07, 6.45) is 8.35. The Balaban J connectivity index is 1.41. The van der Waals surface area contributed by atoms with E-state index in [-0.39, 0.29) is 16.9 Å². The molecule has 0 amide bonds. The Morgan fingerprint density at radius 3 is 2.84 bits per heavy atom. The van der Waals surface area contributed by atoms with E-state index in [1.807, 2.05) is 6.08 Å². The van der Waals surface area contributed by atoms with Gasteiger partial charge in [0, 0.05) is 18.5 Å². The first-order valence-corrected chi connectivity index (χ1v) is 9.18. The number of carbonyl (C=O) groups is 1. The molecule has 1 aromatic rings. The van der Waals surface area contributed by atoms with Crippen molar-refractivity contribution in [3.63, 3.8) is 0 Å². The number of carbonyl (C=O) groups excluding carboxylic acids is 1. The van der Waals surface area contributed by atoms with E-state index in [0.717, 1.165) is 32.4 Å². The third-order valence-corrected chi connectivity index (χ3v) is 6.27. The molecule has 3 atom stereocenters. The minimum atomic E-state index is -0.547. The molecule has 5 heteroatoms. The van der Waals surface area contributed by atoms with E-state index < -0.39 is 5.60 Å². The lowest BCUT2D eigenvalue weighted by atomic mass is 9.80. The van der Waals surface area contributed by atoms with Gasteiger partial charge in [0.05, 0.1) is 18.3 Å². The SMILES string of the molecule is C=CC12CN(CC(=O)c3ccc(O)cn3)CC1CC(O)(CC1CC1)C2. The van der Waals surface area contributed by atoms with Gasteiger partial charge in [-0.25, -0.2) is 4.98 Å². The van der Waals surface area contributed by atoms with Gasteiger partial charge in [-0.2, -0.15) is 0 Å². The molecule has 2 N–H and O–H groups in total. The highest BCUT2D eigenvalue weighted by Gasteiger charge is 2.57. The maximum atomic E-state index is 12.4. The van der Waals surface area contributed by atoms with Crippen molar-refractivity contribution in [1.29, 1.82) is 0 Å². The quantitative estimate of drug-likeness (QED) is 0.613. The van der Waals surface area contributed by atoms with Crippen LogP contribution in [0.25, 0.3) is 0 Å². The number of hydrogen-bond donors (Lipinski definition) is 2. The van der Waals surface area contributed by atoms with Crippen molar-refractivity contribution >= 4 is 5.78 Å². The van der Waals surface area contributed by atoms with E-state index in [9.17, 15) is 15.0 Å². The van der Waals surface area contributed by atoms with Gasteiger partial charge in [0.2, 0.25) is 0 Å². The second-order valence-corrected chi connectivity index (χ2v) is 8.38. The molecule has 0 spiro atoms. The highest BCUT2D eigenvalue weighted by molar-refractivity contribution is 5.95. The van der Waals surface area contributed by atoms with Crippen molar-refractivity contribution in [2.45, 2.75) is 37.7 Å². The molecule has 5 nitrogen and oxygen atoms in total. The number of nitrogens with zero attached hydrogens (tertiary/aromatic N) is 2. The van der Waals surface area contributed by atoms with Crippen molar-refractivity contribution in [2.75, 3.05) is 19.6 Å². The summed E-state index contributed by atoms with van der Waals surface area (Å²) in [7, 11) is 0. The standard InChI is InChI=1S/C20H26N2O3/c1-2-19-12-20(25,7-14-3-4-14)8-15(19)10-22(13-19)11-18(24)17-6-5-16(23)9-21-17/h2,5-6,9,14-15,23,25H,1,3-4,7-8,10-13H2. The molecular weight excluding hydrogens is 316 g/mol. The molecule has 3 fully saturated rings. The van der Waals surface area contributed by atoms with Crippen LogP contribution in [0.2, 0.25) is 0 Å². The molecule has 2 saturated carbocycles. The molecule has 25 heavy (non-hydrogen) atoms. The summed E-state index contributed by atoms with van der Waals surface area (Å²) in [5, 5.41) is 20.3. The zero-order valence-electron chi connectivity index (χ0n) is 14.5. The molecule has 3 unspecified atom stereocenters. The molecule has 0 radical (unpaired) electrons. The first kappa shape index (κ1) is 16.7. The van der Waals surface area contributed by atoms with Crippen LogP contribution in [-0.2, 0) is 0 Å². The van der Waals surface area contributed by atoms with Gasteiger partial charge < -0.3 is 10.2 Å². The predicted molar refractivity (Wildman–Crippen MR) is 94.3 cm³/mol. The summed E-state index contributed by atoms with van der Waals surface area (Å²) in [5.74, 6) is 1.11. The first-order chi connectivity index (χ1) is 11.9. The molecule has 4 rings (SSSR count). The molecule has 1 saturated heterocycles. The summed E-state index contributed by atoms with van der Waals surface area (Å²) >= 11 is 0. The average molecular weight is 342 g/mol. The fraction of sp³-hybridized carbons (Fsp3) is 0.600. The smallest absolute Gasteiger partial charge is 0.195 e. The minimum absolute atomic E-state index is 0.0348. The minimum Gasteiger partial charge on any atom is -0.506 e. The number of ketones is 1. The molecular formula is C20H26N2O3. The summed E-state index contributed by atoms with van der Waals surface area (Å²) in [6.45, 7) is 5.98. The first-order valence-electron chi connectivity index (χ1n) is 9.18. The van der Waals surface area contributed by atoms with Crippen LogP contribution in [0, 0.1) is 17.3 Å². The van der Waals surface area contributed by atoms with Crippen LogP contribution in [0.1, 0.15) is 42.6 Å². The van der Waals surface area contributed by atoms with Gasteiger partial charge in [0.15, 0.2) is 5.78 Å². The number of fused-ring (bicyclic) bond motifs is 1. The second kappa shape index (κ2) is 5.92. The van der Waals surface area contributed by atoms with Crippen LogP contribution in [0.5, 0.6) is 5.75 Å². The molecule has 1 aromatic heterocycles. The fourth-order valence-electron chi connectivity index (χ4n) is 4.99. The summed E-state index contributed by atoms with van der Waals surface area (Å²) in [5.41, 5.74) is -0.242. The van der Waals surface area contributed by atoms with Crippen LogP contribution in [-0.4, -0.2) is 51.1 Å². The van der Waals surface area contributed by atoms with Gasteiger partial charge in [-0.3, -0.25) is 9.69 Å². The van der Waals surface area contributed by atoms with Crippen molar-refractivity contribution < 1.29 is 15.0 Å². The molecule has 2 aliphatic carbocycles. The van der Waals surface area contributed by atoms with Crippen LogP contribution in [0.3, 0.4) is 0 Å². The Morgan fingerprint density at radius 2 is 2.24 bits per heavy atom. The number of aromatic hydroxyl groups is 1. The number of Topliss-reactive ketones (excluding diaryl/α,β-unsaturated/α-hetero) is 1. The summed E-state index contributed by atoms with van der Waals surface area (Å²) in [6, 6.07) is 3.05. The lowest BCUT2D eigenvalue weighted by Crippen LogP contribution is -2.35. The van der Waals surface area contributed by atoms with Gasteiger partial charge >= 0.3 is 0 Å². The molecule has 1 aliphatic heterocycles. The number of hydrogen-bond acceptors (Lipinski definition) is 5. The van der Waals surface area contributed by atoms with Gasteiger partial charge in [-0.15, -0.1) is 6.58 Å². The lowest BCUT2D eigenvalue weighted by Gasteiger charge is -2.29. The Kier molecular flexibility index (Phi) is 3.96.